The average molecular weight is 185 g/mol. The van der Waals surface area contributed by atoms with Crippen LogP contribution in [0.2, 0.25) is 0 Å². The molecule has 0 unspecified atom stereocenters. The first-order valence-electron chi connectivity index (χ1n) is 5.04. The molecule has 0 bridgehead atoms. The molecule has 0 atom stereocenters. The maximum Gasteiger partial charge on any atom is 0.0413 e. The van der Waals surface area contributed by atoms with Gasteiger partial charge in [0.15, 0.2) is 0 Å². The van der Waals surface area contributed by atoms with Gasteiger partial charge in [-0.3, -0.25) is 4.98 Å². The lowest BCUT2D eigenvalue weighted by molar-refractivity contribution is 0.854. The maximum atomic E-state index is 4.43. The molecular formula is C13H15N. The number of fused-ring (bicyclic) bond motifs is 1. The maximum absolute atomic E-state index is 4.43. The summed E-state index contributed by atoms with van der Waals surface area (Å²) in [5.41, 5.74) is 2.53. The van der Waals surface area contributed by atoms with Gasteiger partial charge in [0, 0.05) is 17.3 Å². The fourth-order valence-corrected chi connectivity index (χ4v) is 2.01. The Bertz CT molecular complexity index is 458. The van der Waals surface area contributed by atoms with Crippen LogP contribution in [0.15, 0.2) is 30.5 Å². The summed E-state index contributed by atoms with van der Waals surface area (Å²) in [6.45, 7) is 6.52. The number of nitrogens with zero attached hydrogens (tertiary/aromatic N) is 1. The molecule has 0 aliphatic carbocycles. The van der Waals surface area contributed by atoms with Gasteiger partial charge in [-0.15, -0.1) is 0 Å². The molecule has 2 aromatic rings. The lowest BCUT2D eigenvalue weighted by Crippen LogP contribution is -1.96. The zero-order chi connectivity index (χ0) is 10.1. The molecular weight excluding hydrogens is 170 g/mol. The molecule has 0 N–H and O–H groups in total. The number of aryl methyl sites for hydroxylation is 1. The summed E-state index contributed by atoms with van der Waals surface area (Å²) in [6.07, 6.45) is 1.95. The van der Waals surface area contributed by atoms with Crippen LogP contribution < -0.4 is 0 Å². The SMILES string of the molecule is Cc1ncc2ccccc2c1C(C)C. The van der Waals surface area contributed by atoms with Gasteiger partial charge < -0.3 is 0 Å². The molecule has 1 heteroatoms. The molecule has 0 aliphatic rings. The Morgan fingerprint density at radius 3 is 2.57 bits per heavy atom. The van der Waals surface area contributed by atoms with E-state index in [9.17, 15) is 0 Å². The molecule has 0 aliphatic heterocycles. The Balaban J connectivity index is 2.83. The van der Waals surface area contributed by atoms with Crippen molar-refractivity contribution in [3.63, 3.8) is 0 Å². The van der Waals surface area contributed by atoms with Crippen LogP contribution >= 0.6 is 0 Å². The first-order valence-corrected chi connectivity index (χ1v) is 5.04. The highest BCUT2D eigenvalue weighted by molar-refractivity contribution is 5.85. The van der Waals surface area contributed by atoms with Crippen molar-refractivity contribution in [3.8, 4) is 0 Å². The molecule has 0 saturated carbocycles. The molecule has 1 heterocycles. The molecule has 0 radical (unpaired) electrons. The topological polar surface area (TPSA) is 12.9 Å². The number of aromatic nitrogens is 1. The summed E-state index contributed by atoms with van der Waals surface area (Å²) < 4.78 is 0. The Labute approximate surface area is 84.8 Å². The van der Waals surface area contributed by atoms with E-state index in [2.05, 4.69) is 50.0 Å². The third kappa shape index (κ3) is 1.39. The molecule has 72 valence electrons. The number of pyridine rings is 1. The van der Waals surface area contributed by atoms with E-state index < -0.39 is 0 Å². The first kappa shape index (κ1) is 9.20. The van der Waals surface area contributed by atoms with Gasteiger partial charge in [-0.25, -0.2) is 0 Å². The molecule has 1 aromatic carbocycles. The van der Waals surface area contributed by atoms with Crippen LogP contribution in [0.1, 0.15) is 31.0 Å². The summed E-state index contributed by atoms with van der Waals surface area (Å²) in [4.78, 5) is 4.43. The second-order valence-electron chi connectivity index (χ2n) is 4.00. The standard InChI is InChI=1S/C13H15N/c1-9(2)13-10(3)14-8-11-6-4-5-7-12(11)13/h4-9H,1-3H3. The van der Waals surface area contributed by atoms with Crippen molar-refractivity contribution in [2.75, 3.05) is 0 Å². The van der Waals surface area contributed by atoms with Crippen LogP contribution in [0.25, 0.3) is 10.8 Å². The first-order chi connectivity index (χ1) is 6.70. The summed E-state index contributed by atoms with van der Waals surface area (Å²) >= 11 is 0. The minimum atomic E-state index is 0.536. The van der Waals surface area contributed by atoms with Crippen molar-refractivity contribution in [3.05, 3.63) is 41.7 Å². The van der Waals surface area contributed by atoms with Crippen LogP contribution in [-0.2, 0) is 0 Å². The fourth-order valence-electron chi connectivity index (χ4n) is 2.01. The molecule has 0 fully saturated rings. The molecule has 0 saturated heterocycles. The summed E-state index contributed by atoms with van der Waals surface area (Å²) in [6, 6.07) is 8.45. The summed E-state index contributed by atoms with van der Waals surface area (Å²) in [7, 11) is 0. The predicted octanol–water partition coefficient (Wildman–Crippen LogP) is 3.67. The Morgan fingerprint density at radius 2 is 1.86 bits per heavy atom. The van der Waals surface area contributed by atoms with Gasteiger partial charge in [0.05, 0.1) is 0 Å². The van der Waals surface area contributed by atoms with Crippen LogP contribution in [0.4, 0.5) is 0 Å². The number of hydrogen-bond acceptors (Lipinski definition) is 1. The van der Waals surface area contributed by atoms with Gasteiger partial charge >= 0.3 is 0 Å². The Morgan fingerprint density at radius 1 is 1.14 bits per heavy atom. The van der Waals surface area contributed by atoms with Crippen LogP contribution in [0.5, 0.6) is 0 Å². The normalized spacial score (nSPS) is 11.1. The lowest BCUT2D eigenvalue weighted by atomic mass is 9.96. The van der Waals surface area contributed by atoms with E-state index in [0.29, 0.717) is 5.92 Å². The van der Waals surface area contributed by atoms with Crippen molar-refractivity contribution in [2.45, 2.75) is 26.7 Å². The number of benzene rings is 1. The monoisotopic (exact) mass is 185 g/mol. The molecule has 14 heavy (non-hydrogen) atoms. The predicted molar refractivity (Wildman–Crippen MR) is 60.6 cm³/mol. The van der Waals surface area contributed by atoms with E-state index in [1.165, 1.54) is 16.3 Å². The highest BCUT2D eigenvalue weighted by atomic mass is 14.7. The second kappa shape index (κ2) is 3.41. The molecule has 1 aromatic heterocycles. The van der Waals surface area contributed by atoms with E-state index >= 15 is 0 Å². The Hall–Kier alpha value is -1.37. The van der Waals surface area contributed by atoms with E-state index in [1.54, 1.807) is 0 Å². The van der Waals surface area contributed by atoms with E-state index in [4.69, 9.17) is 0 Å². The quantitative estimate of drug-likeness (QED) is 0.660. The zero-order valence-electron chi connectivity index (χ0n) is 8.91. The molecule has 2 rings (SSSR count). The third-order valence-corrected chi connectivity index (χ3v) is 2.62. The van der Waals surface area contributed by atoms with Crippen molar-refractivity contribution in [2.24, 2.45) is 0 Å². The van der Waals surface area contributed by atoms with Gasteiger partial charge in [0.1, 0.15) is 0 Å². The summed E-state index contributed by atoms with van der Waals surface area (Å²) in [5, 5.41) is 2.58. The smallest absolute Gasteiger partial charge is 0.0413 e. The molecule has 0 spiro atoms. The van der Waals surface area contributed by atoms with E-state index in [0.717, 1.165) is 5.69 Å². The summed E-state index contributed by atoms with van der Waals surface area (Å²) in [5.74, 6) is 0.536. The van der Waals surface area contributed by atoms with Crippen molar-refractivity contribution < 1.29 is 0 Å². The molecule has 0 amide bonds. The van der Waals surface area contributed by atoms with Gasteiger partial charge in [0.2, 0.25) is 0 Å². The van der Waals surface area contributed by atoms with Crippen molar-refractivity contribution in [1.82, 2.24) is 4.98 Å². The van der Waals surface area contributed by atoms with E-state index in [1.807, 2.05) is 6.20 Å². The van der Waals surface area contributed by atoms with Gasteiger partial charge in [-0.1, -0.05) is 38.1 Å². The molecule has 1 nitrogen and oxygen atoms in total. The zero-order valence-corrected chi connectivity index (χ0v) is 8.91. The van der Waals surface area contributed by atoms with Gasteiger partial charge in [-0.2, -0.15) is 0 Å². The van der Waals surface area contributed by atoms with Crippen molar-refractivity contribution in [1.29, 1.82) is 0 Å². The third-order valence-electron chi connectivity index (χ3n) is 2.62. The number of rotatable bonds is 1. The second-order valence-corrected chi connectivity index (χ2v) is 4.00. The minimum Gasteiger partial charge on any atom is -0.261 e. The Kier molecular flexibility index (Phi) is 2.24. The van der Waals surface area contributed by atoms with Crippen LogP contribution in [0, 0.1) is 6.92 Å². The van der Waals surface area contributed by atoms with Crippen LogP contribution in [0.3, 0.4) is 0 Å². The number of hydrogen-bond donors (Lipinski definition) is 0. The lowest BCUT2D eigenvalue weighted by Gasteiger charge is -2.12. The van der Waals surface area contributed by atoms with Crippen LogP contribution in [-0.4, -0.2) is 4.98 Å². The highest BCUT2D eigenvalue weighted by Gasteiger charge is 2.08. The van der Waals surface area contributed by atoms with Gasteiger partial charge in [-0.05, 0) is 23.8 Å². The van der Waals surface area contributed by atoms with Crippen molar-refractivity contribution >= 4 is 10.8 Å². The highest BCUT2D eigenvalue weighted by Crippen LogP contribution is 2.26. The average Bonchev–Trinajstić information content (AvgIpc) is 2.17. The minimum absolute atomic E-state index is 0.536. The van der Waals surface area contributed by atoms with Gasteiger partial charge in [0.25, 0.3) is 0 Å². The fraction of sp³-hybridized carbons (Fsp3) is 0.308. The van der Waals surface area contributed by atoms with E-state index in [-0.39, 0.29) is 0 Å². The largest absolute Gasteiger partial charge is 0.261 e.